The minimum atomic E-state index is -0.326. The zero-order valence-electron chi connectivity index (χ0n) is 12.8. The standard InChI is InChI=1S/C17H17N3O3/c1-10-9-23-17(22)20(10)14-5-4-12-8-18-15(7-13(12)6-14)19-16(21)11-2-3-11/h4-8,10-11H,2-3,9H2,1H3,(H,18,19,21). The molecule has 2 fully saturated rings. The monoisotopic (exact) mass is 311 g/mol. The molecule has 1 aliphatic carbocycles. The van der Waals surface area contributed by atoms with E-state index in [0.717, 1.165) is 29.3 Å². The summed E-state index contributed by atoms with van der Waals surface area (Å²) < 4.78 is 5.07. The third-order valence-electron chi connectivity index (χ3n) is 4.27. The van der Waals surface area contributed by atoms with E-state index < -0.39 is 0 Å². The summed E-state index contributed by atoms with van der Waals surface area (Å²) in [6.07, 6.45) is 3.32. The number of fused-ring (bicyclic) bond motifs is 1. The average molecular weight is 311 g/mol. The van der Waals surface area contributed by atoms with Gasteiger partial charge in [-0.1, -0.05) is 6.07 Å². The molecule has 1 unspecified atom stereocenters. The SMILES string of the molecule is CC1COC(=O)N1c1ccc2cnc(NC(=O)C3CC3)cc2c1. The molecule has 2 amide bonds. The number of anilines is 2. The molecule has 1 aliphatic heterocycles. The molecule has 1 saturated heterocycles. The van der Waals surface area contributed by atoms with E-state index in [1.807, 2.05) is 31.2 Å². The van der Waals surface area contributed by atoms with Crippen LogP contribution in [0.25, 0.3) is 10.8 Å². The predicted molar refractivity (Wildman–Crippen MR) is 86.4 cm³/mol. The highest BCUT2D eigenvalue weighted by molar-refractivity contribution is 5.97. The fourth-order valence-electron chi connectivity index (χ4n) is 2.80. The number of rotatable bonds is 3. The maximum atomic E-state index is 11.9. The molecule has 2 heterocycles. The van der Waals surface area contributed by atoms with Crippen molar-refractivity contribution in [2.45, 2.75) is 25.8 Å². The Hall–Kier alpha value is -2.63. The lowest BCUT2D eigenvalue weighted by atomic mass is 10.1. The first-order chi connectivity index (χ1) is 11.1. The highest BCUT2D eigenvalue weighted by Gasteiger charge is 2.31. The van der Waals surface area contributed by atoms with Gasteiger partial charge in [0.15, 0.2) is 0 Å². The Balaban J connectivity index is 1.66. The number of hydrogen-bond acceptors (Lipinski definition) is 4. The number of ether oxygens (including phenoxy) is 1. The average Bonchev–Trinajstić information content (AvgIpc) is 3.33. The third kappa shape index (κ3) is 2.60. The number of hydrogen-bond donors (Lipinski definition) is 1. The van der Waals surface area contributed by atoms with Crippen molar-refractivity contribution in [3.63, 3.8) is 0 Å². The van der Waals surface area contributed by atoms with Gasteiger partial charge in [-0.25, -0.2) is 9.78 Å². The van der Waals surface area contributed by atoms with Crippen molar-refractivity contribution in [1.29, 1.82) is 0 Å². The van der Waals surface area contributed by atoms with Gasteiger partial charge in [-0.2, -0.15) is 0 Å². The Kier molecular flexibility index (Phi) is 3.18. The molecular weight excluding hydrogens is 294 g/mol. The van der Waals surface area contributed by atoms with Crippen LogP contribution in [0.4, 0.5) is 16.3 Å². The summed E-state index contributed by atoms with van der Waals surface area (Å²) in [6.45, 7) is 2.35. The summed E-state index contributed by atoms with van der Waals surface area (Å²) in [7, 11) is 0. The van der Waals surface area contributed by atoms with Crippen molar-refractivity contribution >= 4 is 34.3 Å². The highest BCUT2D eigenvalue weighted by Crippen LogP contribution is 2.31. The van der Waals surface area contributed by atoms with E-state index in [2.05, 4.69) is 10.3 Å². The number of benzene rings is 1. The fourth-order valence-corrected chi connectivity index (χ4v) is 2.80. The molecule has 1 saturated carbocycles. The van der Waals surface area contributed by atoms with E-state index in [9.17, 15) is 9.59 Å². The molecule has 6 heteroatoms. The van der Waals surface area contributed by atoms with Crippen LogP contribution in [-0.4, -0.2) is 29.6 Å². The summed E-state index contributed by atoms with van der Waals surface area (Å²) in [5, 5.41) is 4.73. The Morgan fingerprint density at radius 2 is 2.13 bits per heavy atom. The second kappa shape index (κ2) is 5.22. The van der Waals surface area contributed by atoms with E-state index in [-0.39, 0.29) is 24.0 Å². The van der Waals surface area contributed by atoms with Crippen LogP contribution >= 0.6 is 0 Å². The van der Waals surface area contributed by atoms with E-state index >= 15 is 0 Å². The second-order valence-corrected chi connectivity index (χ2v) is 6.16. The van der Waals surface area contributed by atoms with Crippen LogP contribution in [0.1, 0.15) is 19.8 Å². The normalized spacial score (nSPS) is 20.7. The Morgan fingerprint density at radius 3 is 2.83 bits per heavy atom. The first-order valence-corrected chi connectivity index (χ1v) is 7.78. The van der Waals surface area contributed by atoms with Crippen LogP contribution < -0.4 is 10.2 Å². The largest absolute Gasteiger partial charge is 0.447 e. The van der Waals surface area contributed by atoms with E-state index in [1.165, 1.54) is 0 Å². The van der Waals surface area contributed by atoms with Gasteiger partial charge < -0.3 is 10.1 Å². The summed E-state index contributed by atoms with van der Waals surface area (Å²) in [5.41, 5.74) is 0.790. The van der Waals surface area contributed by atoms with Crippen molar-refractivity contribution in [2.24, 2.45) is 5.92 Å². The summed E-state index contributed by atoms with van der Waals surface area (Å²) in [5.74, 6) is 0.715. The zero-order valence-corrected chi connectivity index (χ0v) is 12.8. The number of nitrogens with one attached hydrogen (secondary N) is 1. The van der Waals surface area contributed by atoms with Crippen molar-refractivity contribution in [1.82, 2.24) is 4.98 Å². The molecule has 0 spiro atoms. The Labute approximate surface area is 133 Å². The zero-order chi connectivity index (χ0) is 16.0. The first-order valence-electron chi connectivity index (χ1n) is 7.78. The van der Waals surface area contributed by atoms with Gasteiger partial charge in [0.25, 0.3) is 0 Å². The molecule has 6 nitrogen and oxygen atoms in total. The van der Waals surface area contributed by atoms with Gasteiger partial charge in [0, 0.05) is 23.2 Å². The van der Waals surface area contributed by atoms with Crippen molar-refractivity contribution in [3.05, 3.63) is 30.5 Å². The molecule has 1 aromatic carbocycles. The molecule has 4 rings (SSSR count). The van der Waals surface area contributed by atoms with Crippen LogP contribution in [0, 0.1) is 5.92 Å². The molecule has 2 aliphatic rings. The maximum absolute atomic E-state index is 11.9. The minimum absolute atomic E-state index is 0.0100. The number of aromatic nitrogens is 1. The van der Waals surface area contributed by atoms with Gasteiger partial charge in [0.1, 0.15) is 12.4 Å². The number of carbonyl (C=O) groups excluding carboxylic acids is 2. The number of cyclic esters (lactones) is 1. The second-order valence-electron chi connectivity index (χ2n) is 6.16. The molecule has 0 radical (unpaired) electrons. The van der Waals surface area contributed by atoms with Crippen LogP contribution in [0.3, 0.4) is 0 Å². The summed E-state index contributed by atoms with van der Waals surface area (Å²) in [4.78, 5) is 29.6. The number of carbonyl (C=O) groups is 2. The van der Waals surface area contributed by atoms with E-state index in [0.29, 0.717) is 12.4 Å². The maximum Gasteiger partial charge on any atom is 0.414 e. The van der Waals surface area contributed by atoms with Crippen LogP contribution in [0.5, 0.6) is 0 Å². The lowest BCUT2D eigenvalue weighted by Crippen LogP contribution is -2.30. The van der Waals surface area contributed by atoms with Crippen LogP contribution in [0.2, 0.25) is 0 Å². The fraction of sp³-hybridized carbons (Fsp3) is 0.353. The van der Waals surface area contributed by atoms with Gasteiger partial charge in [-0.15, -0.1) is 0 Å². The summed E-state index contributed by atoms with van der Waals surface area (Å²) in [6, 6.07) is 7.58. The van der Waals surface area contributed by atoms with Crippen LogP contribution in [-0.2, 0) is 9.53 Å². The molecule has 2 aromatic rings. The number of amides is 2. The molecule has 1 atom stereocenters. The van der Waals surface area contributed by atoms with Crippen molar-refractivity contribution < 1.29 is 14.3 Å². The molecule has 1 N–H and O–H groups in total. The lowest BCUT2D eigenvalue weighted by molar-refractivity contribution is -0.117. The first kappa shape index (κ1) is 14.0. The Bertz CT molecular complexity index is 801. The molecule has 23 heavy (non-hydrogen) atoms. The van der Waals surface area contributed by atoms with Crippen LogP contribution in [0.15, 0.2) is 30.5 Å². The molecule has 118 valence electrons. The highest BCUT2D eigenvalue weighted by atomic mass is 16.6. The van der Waals surface area contributed by atoms with Crippen molar-refractivity contribution in [2.75, 3.05) is 16.8 Å². The van der Waals surface area contributed by atoms with E-state index in [1.54, 1.807) is 11.1 Å². The van der Waals surface area contributed by atoms with Gasteiger partial charge in [-0.05, 0) is 43.4 Å². The quantitative estimate of drug-likeness (QED) is 0.946. The van der Waals surface area contributed by atoms with Gasteiger partial charge in [0.05, 0.1) is 6.04 Å². The predicted octanol–water partition coefficient (Wildman–Crippen LogP) is 2.93. The van der Waals surface area contributed by atoms with Gasteiger partial charge >= 0.3 is 6.09 Å². The molecule has 1 aromatic heterocycles. The molecular formula is C17H17N3O3. The third-order valence-corrected chi connectivity index (χ3v) is 4.27. The number of pyridine rings is 1. The number of nitrogens with zero attached hydrogens (tertiary/aromatic N) is 2. The van der Waals surface area contributed by atoms with Gasteiger partial charge in [-0.3, -0.25) is 9.69 Å². The van der Waals surface area contributed by atoms with Gasteiger partial charge in [0.2, 0.25) is 5.91 Å². The lowest BCUT2D eigenvalue weighted by Gasteiger charge is -2.18. The smallest absolute Gasteiger partial charge is 0.414 e. The topological polar surface area (TPSA) is 71.5 Å². The summed E-state index contributed by atoms with van der Waals surface area (Å²) >= 11 is 0. The van der Waals surface area contributed by atoms with E-state index in [4.69, 9.17) is 4.74 Å². The Morgan fingerprint density at radius 1 is 1.30 bits per heavy atom. The minimum Gasteiger partial charge on any atom is -0.447 e. The molecule has 0 bridgehead atoms. The van der Waals surface area contributed by atoms with Crippen molar-refractivity contribution in [3.8, 4) is 0 Å².